The molecule has 0 saturated heterocycles. The number of anilines is 1. The molecule has 1 amide bonds. The molecule has 0 spiro atoms. The predicted molar refractivity (Wildman–Crippen MR) is 68.4 cm³/mol. The quantitative estimate of drug-likeness (QED) is 0.876. The number of hydrogen-bond donors (Lipinski definition) is 2. The highest BCUT2D eigenvalue weighted by Gasteiger charge is 2.13. The van der Waals surface area contributed by atoms with Gasteiger partial charge in [-0.1, -0.05) is 24.3 Å². The van der Waals surface area contributed by atoms with E-state index in [9.17, 15) is 9.59 Å². The van der Waals surface area contributed by atoms with Crippen LogP contribution in [0.15, 0.2) is 18.2 Å². The average molecular weight is 278 g/mol. The van der Waals surface area contributed by atoms with Crippen LogP contribution in [0.2, 0.25) is 0 Å². The zero-order valence-corrected chi connectivity index (χ0v) is 10.8. The van der Waals surface area contributed by atoms with Gasteiger partial charge in [-0.05, 0) is 18.6 Å². The van der Waals surface area contributed by atoms with Crippen molar-refractivity contribution in [2.45, 2.75) is 13.3 Å². The molecule has 7 nitrogen and oxygen atoms in total. The van der Waals surface area contributed by atoms with Crippen LogP contribution in [0.5, 0.6) is 0 Å². The smallest absolute Gasteiger partial charge is 0.354 e. The number of carboxylic acids is 1. The summed E-state index contributed by atoms with van der Waals surface area (Å²) in [6, 6.07) is 4.21. The summed E-state index contributed by atoms with van der Waals surface area (Å²) in [5.74, 6) is -1.69. The molecule has 0 fully saturated rings. The topological polar surface area (TPSA) is 105 Å². The number of aryl methyl sites for hydroxylation is 1. The fourth-order valence-corrected chi connectivity index (χ4v) is 1.96. The monoisotopic (exact) mass is 278 g/mol. The van der Waals surface area contributed by atoms with Crippen molar-refractivity contribution in [3.63, 3.8) is 0 Å². The molecule has 2 aromatic rings. The predicted octanol–water partition coefficient (Wildman–Crippen LogP) is 1.45. The van der Waals surface area contributed by atoms with Gasteiger partial charge >= 0.3 is 5.97 Å². The van der Waals surface area contributed by atoms with Gasteiger partial charge in [0.1, 0.15) is 16.4 Å². The van der Waals surface area contributed by atoms with E-state index in [4.69, 9.17) is 5.11 Å². The van der Waals surface area contributed by atoms with Gasteiger partial charge in [0.2, 0.25) is 5.13 Å². The summed E-state index contributed by atoms with van der Waals surface area (Å²) >= 11 is 1.27. The van der Waals surface area contributed by atoms with Crippen LogP contribution >= 0.6 is 11.3 Å². The summed E-state index contributed by atoms with van der Waals surface area (Å²) in [4.78, 5) is 26.4. The lowest BCUT2D eigenvalue weighted by Gasteiger charge is -2.01. The number of nitrogens with zero attached hydrogens (tertiary/aromatic N) is 3. The van der Waals surface area contributed by atoms with Gasteiger partial charge in [-0.25, -0.2) is 9.78 Å². The average Bonchev–Trinajstić information content (AvgIpc) is 2.86. The Hall–Kier alpha value is -2.35. The summed E-state index contributed by atoms with van der Waals surface area (Å²) in [6.45, 7) is 1.93. The Morgan fingerprint density at radius 2 is 2.05 bits per heavy atom. The molecule has 0 unspecified atom stereocenters. The Labute approximate surface area is 112 Å². The number of aromatic carboxylic acids is 1. The summed E-state index contributed by atoms with van der Waals surface area (Å²) in [6.07, 6.45) is 0.736. The number of carboxylic acid groups (broad SMARTS) is 1. The summed E-state index contributed by atoms with van der Waals surface area (Å²) in [5, 5.41) is 20.2. The minimum atomic E-state index is -1.18. The van der Waals surface area contributed by atoms with E-state index in [1.807, 2.05) is 6.92 Å². The fourth-order valence-electron chi connectivity index (χ4n) is 1.29. The molecule has 2 N–H and O–H groups in total. The number of hydrogen-bond acceptors (Lipinski definition) is 6. The van der Waals surface area contributed by atoms with Gasteiger partial charge in [0.05, 0.1) is 0 Å². The van der Waals surface area contributed by atoms with E-state index in [2.05, 4.69) is 20.5 Å². The van der Waals surface area contributed by atoms with E-state index in [-0.39, 0.29) is 11.4 Å². The van der Waals surface area contributed by atoms with Crippen molar-refractivity contribution in [2.24, 2.45) is 0 Å². The van der Waals surface area contributed by atoms with E-state index in [0.29, 0.717) is 5.13 Å². The van der Waals surface area contributed by atoms with Crippen molar-refractivity contribution in [1.29, 1.82) is 0 Å². The first kappa shape index (κ1) is 13.1. The zero-order valence-electron chi connectivity index (χ0n) is 9.95. The summed E-state index contributed by atoms with van der Waals surface area (Å²) in [7, 11) is 0. The maximum absolute atomic E-state index is 11.9. The van der Waals surface area contributed by atoms with Crippen LogP contribution in [0.4, 0.5) is 5.13 Å². The van der Waals surface area contributed by atoms with E-state index in [1.165, 1.54) is 29.5 Å². The van der Waals surface area contributed by atoms with Crippen LogP contribution in [-0.2, 0) is 6.42 Å². The maximum Gasteiger partial charge on any atom is 0.354 e. The van der Waals surface area contributed by atoms with E-state index < -0.39 is 11.9 Å². The third kappa shape index (κ3) is 3.10. The Balaban J connectivity index is 2.15. The molecule has 0 aliphatic carbocycles. The van der Waals surface area contributed by atoms with Gasteiger partial charge in [0, 0.05) is 0 Å². The van der Waals surface area contributed by atoms with Crippen LogP contribution in [0.1, 0.15) is 32.9 Å². The fraction of sp³-hybridized carbons (Fsp3) is 0.182. The van der Waals surface area contributed by atoms with Crippen LogP contribution in [-0.4, -0.2) is 32.2 Å². The lowest BCUT2D eigenvalue weighted by Crippen LogP contribution is -2.15. The van der Waals surface area contributed by atoms with Gasteiger partial charge in [0.15, 0.2) is 0 Å². The van der Waals surface area contributed by atoms with Crippen molar-refractivity contribution in [2.75, 3.05) is 5.32 Å². The molecule has 0 aliphatic rings. The van der Waals surface area contributed by atoms with Gasteiger partial charge in [-0.3, -0.25) is 10.1 Å². The molecule has 0 aromatic carbocycles. The van der Waals surface area contributed by atoms with Gasteiger partial charge < -0.3 is 5.11 Å². The van der Waals surface area contributed by atoms with Crippen LogP contribution in [0.25, 0.3) is 0 Å². The zero-order chi connectivity index (χ0) is 13.8. The van der Waals surface area contributed by atoms with Crippen molar-refractivity contribution < 1.29 is 14.7 Å². The van der Waals surface area contributed by atoms with Gasteiger partial charge in [-0.2, -0.15) is 0 Å². The molecule has 2 rings (SSSR count). The number of aromatic nitrogens is 3. The molecule has 0 radical (unpaired) electrons. The molecule has 19 heavy (non-hydrogen) atoms. The Morgan fingerprint density at radius 1 is 1.32 bits per heavy atom. The minimum Gasteiger partial charge on any atom is -0.477 e. The number of rotatable bonds is 4. The second-order valence-corrected chi connectivity index (χ2v) is 4.58. The normalized spacial score (nSPS) is 10.2. The molecule has 98 valence electrons. The molecule has 0 saturated carbocycles. The molecular weight excluding hydrogens is 268 g/mol. The number of carbonyl (C=O) groups excluding carboxylic acids is 1. The molecule has 0 aliphatic heterocycles. The molecule has 2 heterocycles. The van der Waals surface area contributed by atoms with Crippen molar-refractivity contribution in [3.8, 4) is 0 Å². The van der Waals surface area contributed by atoms with E-state index in [0.717, 1.165) is 11.4 Å². The maximum atomic E-state index is 11.9. The number of nitrogens with one attached hydrogen (secondary N) is 1. The molecule has 0 atom stereocenters. The Morgan fingerprint density at radius 3 is 2.68 bits per heavy atom. The highest BCUT2D eigenvalue weighted by molar-refractivity contribution is 7.15. The van der Waals surface area contributed by atoms with Crippen molar-refractivity contribution in [1.82, 2.24) is 15.2 Å². The van der Waals surface area contributed by atoms with Crippen molar-refractivity contribution >= 4 is 28.3 Å². The first-order valence-electron chi connectivity index (χ1n) is 5.44. The Bertz CT molecular complexity index is 626. The SMILES string of the molecule is CCc1nnc(NC(=O)c2cccc(C(=O)O)n2)s1. The Kier molecular flexibility index (Phi) is 3.81. The third-order valence-electron chi connectivity index (χ3n) is 2.19. The van der Waals surface area contributed by atoms with Gasteiger partial charge in [-0.15, -0.1) is 10.2 Å². The lowest BCUT2D eigenvalue weighted by molar-refractivity contribution is 0.0690. The first-order valence-corrected chi connectivity index (χ1v) is 6.26. The second-order valence-electron chi connectivity index (χ2n) is 3.52. The van der Waals surface area contributed by atoms with E-state index in [1.54, 1.807) is 0 Å². The largest absolute Gasteiger partial charge is 0.477 e. The first-order chi connectivity index (χ1) is 9.10. The van der Waals surface area contributed by atoms with Crippen LogP contribution in [0.3, 0.4) is 0 Å². The molecule has 0 bridgehead atoms. The second kappa shape index (κ2) is 5.53. The van der Waals surface area contributed by atoms with Gasteiger partial charge in [0.25, 0.3) is 5.91 Å². The highest BCUT2D eigenvalue weighted by Crippen LogP contribution is 2.16. The summed E-state index contributed by atoms with van der Waals surface area (Å²) < 4.78 is 0. The number of amides is 1. The number of carbonyl (C=O) groups is 2. The molecule has 8 heteroatoms. The van der Waals surface area contributed by atoms with Crippen LogP contribution in [0, 0.1) is 0 Å². The number of pyridine rings is 1. The highest BCUT2D eigenvalue weighted by atomic mass is 32.1. The van der Waals surface area contributed by atoms with Crippen molar-refractivity contribution in [3.05, 3.63) is 34.6 Å². The lowest BCUT2D eigenvalue weighted by atomic mass is 10.3. The third-order valence-corrected chi connectivity index (χ3v) is 3.17. The van der Waals surface area contributed by atoms with E-state index >= 15 is 0 Å². The standard InChI is InChI=1S/C11H10N4O3S/c1-2-8-14-15-11(19-8)13-9(16)6-4-3-5-7(12-6)10(17)18/h3-5H,2H2,1H3,(H,17,18)(H,13,15,16). The minimum absolute atomic E-state index is 0.0214. The van der Waals surface area contributed by atoms with Crippen LogP contribution < -0.4 is 5.32 Å². The molecule has 2 aromatic heterocycles. The molecular formula is C11H10N4O3S. The summed E-state index contributed by atoms with van der Waals surface area (Å²) in [5.41, 5.74) is -0.160.